The number of nitro groups is 1. The van der Waals surface area contributed by atoms with Gasteiger partial charge in [-0.3, -0.25) is 19.7 Å². The van der Waals surface area contributed by atoms with Crippen molar-refractivity contribution < 1.29 is 18.9 Å². The highest BCUT2D eigenvalue weighted by Crippen LogP contribution is 2.34. The summed E-state index contributed by atoms with van der Waals surface area (Å²) in [5, 5.41) is 14.0. The minimum atomic E-state index is -0.610. The van der Waals surface area contributed by atoms with E-state index >= 15 is 0 Å². The number of nitrogens with one attached hydrogen (secondary N) is 1. The summed E-state index contributed by atoms with van der Waals surface area (Å²) in [6, 6.07) is 17.7. The van der Waals surface area contributed by atoms with Gasteiger partial charge >= 0.3 is 0 Å². The second-order valence-electron chi connectivity index (χ2n) is 6.92. The Morgan fingerprint density at radius 1 is 0.903 bits per heavy atom. The first-order valence-corrected chi connectivity index (χ1v) is 9.33. The van der Waals surface area contributed by atoms with Gasteiger partial charge in [-0.2, -0.15) is 0 Å². The van der Waals surface area contributed by atoms with Gasteiger partial charge in [-0.05, 0) is 60.5 Å². The van der Waals surface area contributed by atoms with Crippen LogP contribution in [0.3, 0.4) is 0 Å². The number of para-hydroxylation sites is 1. The third-order valence-corrected chi connectivity index (χ3v) is 4.94. The van der Waals surface area contributed by atoms with Gasteiger partial charge in [0.15, 0.2) is 0 Å². The molecule has 3 aromatic rings. The molecule has 2 amide bonds. The molecule has 4 rings (SSSR count). The van der Waals surface area contributed by atoms with Crippen molar-refractivity contribution in [3.8, 4) is 0 Å². The average Bonchev–Trinajstić information content (AvgIpc) is 3.00. The Hall–Kier alpha value is -4.33. The fourth-order valence-electron chi connectivity index (χ4n) is 3.34. The lowest BCUT2D eigenvalue weighted by Gasteiger charge is -2.15. The van der Waals surface area contributed by atoms with Crippen molar-refractivity contribution in [2.75, 3.05) is 10.2 Å². The molecule has 0 aromatic heterocycles. The van der Waals surface area contributed by atoms with Gasteiger partial charge < -0.3 is 5.32 Å². The van der Waals surface area contributed by atoms with Crippen molar-refractivity contribution in [2.24, 2.45) is 0 Å². The third kappa shape index (κ3) is 3.66. The summed E-state index contributed by atoms with van der Waals surface area (Å²) in [6.45, 7) is 1.85. The molecule has 0 fully saturated rings. The van der Waals surface area contributed by atoms with Gasteiger partial charge in [0.1, 0.15) is 11.5 Å². The Morgan fingerprint density at radius 3 is 2.16 bits per heavy atom. The summed E-state index contributed by atoms with van der Waals surface area (Å²) >= 11 is 0. The Balaban J connectivity index is 1.83. The Bertz CT molecular complexity index is 1230. The number of hydrogen-bond donors (Lipinski definition) is 1. The number of nitrogens with zero attached hydrogens (tertiary/aromatic N) is 2. The average molecular weight is 417 g/mol. The second kappa shape index (κ2) is 7.83. The Morgan fingerprint density at radius 2 is 1.55 bits per heavy atom. The number of non-ortho nitro benzene ring substituents is 1. The first-order chi connectivity index (χ1) is 14.9. The quantitative estimate of drug-likeness (QED) is 0.376. The Kier molecular flexibility index (Phi) is 5.04. The summed E-state index contributed by atoms with van der Waals surface area (Å²) in [6.07, 6.45) is 0. The van der Waals surface area contributed by atoms with Crippen molar-refractivity contribution in [2.45, 2.75) is 6.92 Å². The fourth-order valence-corrected chi connectivity index (χ4v) is 3.34. The van der Waals surface area contributed by atoms with Crippen LogP contribution >= 0.6 is 0 Å². The highest BCUT2D eigenvalue weighted by Gasteiger charge is 2.40. The van der Waals surface area contributed by atoms with E-state index in [1.54, 1.807) is 12.1 Å². The molecule has 8 heteroatoms. The number of rotatable bonds is 5. The molecule has 0 saturated heterocycles. The van der Waals surface area contributed by atoms with Crippen LogP contribution in [0.5, 0.6) is 0 Å². The number of halogens is 1. The monoisotopic (exact) mass is 417 g/mol. The predicted molar refractivity (Wildman–Crippen MR) is 114 cm³/mol. The van der Waals surface area contributed by atoms with E-state index in [1.165, 1.54) is 36.4 Å². The molecular formula is C23H16FN3O4. The van der Waals surface area contributed by atoms with Crippen LogP contribution in [0.2, 0.25) is 0 Å². The van der Waals surface area contributed by atoms with Crippen molar-refractivity contribution in [1.29, 1.82) is 0 Å². The summed E-state index contributed by atoms with van der Waals surface area (Å²) < 4.78 is 13.4. The molecule has 31 heavy (non-hydrogen) atoms. The molecule has 0 saturated carbocycles. The molecule has 0 spiro atoms. The molecule has 1 aliphatic rings. The van der Waals surface area contributed by atoms with E-state index < -0.39 is 22.6 Å². The van der Waals surface area contributed by atoms with Crippen molar-refractivity contribution in [1.82, 2.24) is 0 Å². The topological polar surface area (TPSA) is 92.6 Å². The van der Waals surface area contributed by atoms with E-state index in [9.17, 15) is 24.1 Å². The molecule has 0 unspecified atom stereocenters. The highest BCUT2D eigenvalue weighted by atomic mass is 19.1. The Labute approximate surface area is 176 Å². The molecule has 154 valence electrons. The summed E-state index contributed by atoms with van der Waals surface area (Å²) in [4.78, 5) is 37.9. The number of amides is 2. The third-order valence-electron chi connectivity index (χ3n) is 4.94. The first kappa shape index (κ1) is 20.0. The van der Waals surface area contributed by atoms with Crippen LogP contribution in [0.1, 0.15) is 11.1 Å². The van der Waals surface area contributed by atoms with Gasteiger partial charge in [0, 0.05) is 17.8 Å². The van der Waals surface area contributed by atoms with Crippen LogP contribution in [-0.4, -0.2) is 16.7 Å². The molecule has 3 aromatic carbocycles. The van der Waals surface area contributed by atoms with Crippen molar-refractivity contribution in [3.63, 3.8) is 0 Å². The van der Waals surface area contributed by atoms with Gasteiger partial charge in [0.2, 0.25) is 0 Å². The lowest BCUT2D eigenvalue weighted by molar-refractivity contribution is -0.384. The molecule has 7 nitrogen and oxygen atoms in total. The van der Waals surface area contributed by atoms with E-state index in [4.69, 9.17) is 0 Å². The maximum absolute atomic E-state index is 13.4. The van der Waals surface area contributed by atoms with Crippen LogP contribution in [0.4, 0.5) is 21.5 Å². The largest absolute Gasteiger partial charge is 0.350 e. The van der Waals surface area contributed by atoms with Crippen LogP contribution in [-0.2, 0) is 9.59 Å². The maximum atomic E-state index is 13.4. The normalized spacial score (nSPS) is 13.7. The fraction of sp³-hybridized carbons (Fsp3) is 0.0435. The zero-order valence-corrected chi connectivity index (χ0v) is 16.3. The second-order valence-corrected chi connectivity index (χ2v) is 6.92. The minimum Gasteiger partial charge on any atom is -0.350 e. The lowest BCUT2D eigenvalue weighted by Crippen LogP contribution is -2.32. The number of nitro benzene ring substituents is 1. The van der Waals surface area contributed by atoms with Crippen LogP contribution in [0.25, 0.3) is 5.57 Å². The van der Waals surface area contributed by atoms with E-state index in [1.807, 2.05) is 19.1 Å². The predicted octanol–water partition coefficient (Wildman–Crippen LogP) is 4.44. The van der Waals surface area contributed by atoms with Crippen molar-refractivity contribution >= 4 is 34.4 Å². The van der Waals surface area contributed by atoms with Gasteiger partial charge in [-0.25, -0.2) is 9.29 Å². The van der Waals surface area contributed by atoms with E-state index in [0.29, 0.717) is 11.3 Å². The molecule has 0 aliphatic carbocycles. The number of anilines is 2. The number of imide groups is 1. The van der Waals surface area contributed by atoms with Gasteiger partial charge in [-0.15, -0.1) is 0 Å². The number of carbonyl (C=O) groups is 2. The van der Waals surface area contributed by atoms with E-state index in [-0.39, 0.29) is 22.6 Å². The molecule has 1 aliphatic heterocycles. The van der Waals surface area contributed by atoms with E-state index in [2.05, 4.69) is 5.32 Å². The molecule has 1 heterocycles. The number of carbonyl (C=O) groups excluding carboxylic acids is 2. The molecule has 0 radical (unpaired) electrons. The SMILES string of the molecule is Cc1ccccc1NC1=C(c2ccc([N+](=O)[O-])cc2)C(=O)N(c2ccc(F)cc2)C1=O. The van der Waals surface area contributed by atoms with Gasteiger partial charge in [0.05, 0.1) is 16.2 Å². The van der Waals surface area contributed by atoms with Gasteiger partial charge in [0.25, 0.3) is 17.5 Å². The zero-order valence-electron chi connectivity index (χ0n) is 16.3. The molecule has 1 N–H and O–H groups in total. The standard InChI is InChI=1S/C23H16FN3O4/c1-14-4-2-3-5-19(14)25-21-20(15-6-10-18(11-7-15)27(30)31)22(28)26(23(21)29)17-12-8-16(24)9-13-17/h2-13,25H,1H3. The van der Waals surface area contributed by atoms with Crippen LogP contribution < -0.4 is 10.2 Å². The van der Waals surface area contributed by atoms with Crippen LogP contribution in [0.15, 0.2) is 78.5 Å². The van der Waals surface area contributed by atoms with E-state index in [0.717, 1.165) is 22.6 Å². The van der Waals surface area contributed by atoms with Crippen LogP contribution in [0, 0.1) is 22.9 Å². The summed E-state index contributed by atoms with van der Waals surface area (Å²) in [7, 11) is 0. The van der Waals surface area contributed by atoms with Crippen molar-refractivity contribution in [3.05, 3.63) is 106 Å². The smallest absolute Gasteiger partial charge is 0.282 e. The lowest BCUT2D eigenvalue weighted by atomic mass is 10.0. The number of hydrogen-bond acceptors (Lipinski definition) is 5. The summed E-state index contributed by atoms with van der Waals surface area (Å²) in [5.74, 6) is -1.71. The molecule has 0 atom stereocenters. The number of benzene rings is 3. The zero-order chi connectivity index (χ0) is 22.1. The highest BCUT2D eigenvalue weighted by molar-refractivity contribution is 6.46. The number of aryl methyl sites for hydroxylation is 1. The summed E-state index contributed by atoms with van der Waals surface area (Å²) in [5.41, 5.74) is 2.05. The van der Waals surface area contributed by atoms with Gasteiger partial charge in [-0.1, -0.05) is 18.2 Å². The minimum absolute atomic E-state index is 0.0393. The molecule has 0 bridgehead atoms. The first-order valence-electron chi connectivity index (χ1n) is 9.33. The maximum Gasteiger partial charge on any atom is 0.282 e. The molecular weight excluding hydrogens is 401 g/mol.